The maximum absolute atomic E-state index is 13.8. The molecule has 0 bridgehead atoms. The molecule has 7 nitrogen and oxygen atoms in total. The Kier molecular flexibility index (Phi) is 3.23. The Morgan fingerprint density at radius 2 is 2.23 bits per heavy atom. The Balaban J connectivity index is 1.71. The molecule has 22 heavy (non-hydrogen) atoms. The number of hydrogen-bond donors (Lipinski definition) is 2. The molecule has 1 aliphatic heterocycles. The van der Waals surface area contributed by atoms with Gasteiger partial charge >= 0.3 is 0 Å². The van der Waals surface area contributed by atoms with Crippen LogP contribution in [0.15, 0.2) is 6.33 Å². The number of aromatic nitrogens is 4. The van der Waals surface area contributed by atoms with Gasteiger partial charge in [0.15, 0.2) is 5.65 Å². The first-order valence-electron chi connectivity index (χ1n) is 7.55. The highest BCUT2D eigenvalue weighted by atomic mass is 19.1. The van der Waals surface area contributed by atoms with Gasteiger partial charge in [-0.1, -0.05) is 0 Å². The number of alkyl halides is 1. The van der Waals surface area contributed by atoms with Crippen LogP contribution in [0.4, 0.5) is 10.3 Å². The zero-order chi connectivity index (χ0) is 15.3. The molecule has 3 atom stereocenters. The molecule has 0 aromatic carbocycles. The standard InChI is InChI=1S/C14H18FN5O2/c15-8-4-11(22-10(8)5-21)20-6-17-12-9(3-7-1-2-7)18-14(16)19-13(12)20/h6-8,10-11,21H,1-5H2,(H2,16,18,19)/t8-,10+,11+/m0/s1. The lowest BCUT2D eigenvalue weighted by Gasteiger charge is -2.13. The zero-order valence-electron chi connectivity index (χ0n) is 12.0. The van der Waals surface area contributed by atoms with E-state index in [0.29, 0.717) is 17.1 Å². The number of fused-ring (bicyclic) bond motifs is 1. The second-order valence-corrected chi connectivity index (χ2v) is 6.06. The third kappa shape index (κ3) is 2.32. The predicted molar refractivity (Wildman–Crippen MR) is 76.7 cm³/mol. The topological polar surface area (TPSA) is 99.1 Å². The fraction of sp³-hybridized carbons (Fsp3) is 0.643. The van der Waals surface area contributed by atoms with Crippen LogP contribution in [0.2, 0.25) is 0 Å². The molecule has 4 rings (SSSR count). The number of nitrogens with two attached hydrogens (primary N) is 1. The van der Waals surface area contributed by atoms with Gasteiger partial charge in [0.25, 0.3) is 0 Å². The van der Waals surface area contributed by atoms with Crippen LogP contribution in [-0.2, 0) is 11.2 Å². The van der Waals surface area contributed by atoms with Crippen molar-refractivity contribution in [1.82, 2.24) is 19.5 Å². The number of halogens is 1. The Bertz CT molecular complexity index is 702. The molecular weight excluding hydrogens is 289 g/mol. The fourth-order valence-electron chi connectivity index (χ4n) is 2.97. The van der Waals surface area contributed by atoms with Gasteiger partial charge in [-0.2, -0.15) is 4.98 Å². The molecule has 2 aromatic heterocycles. The molecule has 1 saturated heterocycles. The summed E-state index contributed by atoms with van der Waals surface area (Å²) in [5.41, 5.74) is 7.92. The van der Waals surface area contributed by atoms with Crippen LogP contribution in [0.25, 0.3) is 11.2 Å². The van der Waals surface area contributed by atoms with Gasteiger partial charge in [-0.15, -0.1) is 0 Å². The lowest BCUT2D eigenvalue weighted by Crippen LogP contribution is -2.21. The molecule has 0 spiro atoms. The third-order valence-electron chi connectivity index (χ3n) is 4.34. The van der Waals surface area contributed by atoms with Crippen LogP contribution in [-0.4, -0.2) is 43.5 Å². The van der Waals surface area contributed by atoms with Crippen molar-refractivity contribution in [3.63, 3.8) is 0 Å². The molecule has 3 N–H and O–H groups in total. The smallest absolute Gasteiger partial charge is 0.222 e. The van der Waals surface area contributed by atoms with Crippen LogP contribution < -0.4 is 5.73 Å². The lowest BCUT2D eigenvalue weighted by atomic mass is 10.2. The van der Waals surface area contributed by atoms with Gasteiger partial charge in [0, 0.05) is 6.42 Å². The number of imidazole rings is 1. The predicted octanol–water partition coefficient (Wildman–Crippen LogP) is 0.979. The normalized spacial score (nSPS) is 28.5. The van der Waals surface area contributed by atoms with E-state index in [-0.39, 0.29) is 19.0 Å². The lowest BCUT2D eigenvalue weighted by molar-refractivity contribution is -0.0323. The molecule has 1 saturated carbocycles. The Morgan fingerprint density at radius 3 is 2.91 bits per heavy atom. The second-order valence-electron chi connectivity index (χ2n) is 6.06. The average molecular weight is 307 g/mol. The van der Waals surface area contributed by atoms with Crippen molar-refractivity contribution < 1.29 is 14.2 Å². The fourth-order valence-corrected chi connectivity index (χ4v) is 2.97. The highest BCUT2D eigenvalue weighted by Gasteiger charge is 2.37. The van der Waals surface area contributed by atoms with Gasteiger partial charge in [-0.05, 0) is 25.2 Å². The van der Waals surface area contributed by atoms with E-state index in [0.717, 1.165) is 12.1 Å². The third-order valence-corrected chi connectivity index (χ3v) is 4.34. The average Bonchev–Trinajstić information content (AvgIpc) is 3.07. The van der Waals surface area contributed by atoms with E-state index >= 15 is 0 Å². The van der Waals surface area contributed by atoms with Gasteiger partial charge in [-0.25, -0.2) is 14.4 Å². The molecule has 0 amide bonds. The highest BCUT2D eigenvalue weighted by Crippen LogP contribution is 2.35. The minimum absolute atomic E-state index is 0.165. The van der Waals surface area contributed by atoms with Crippen LogP contribution in [0.1, 0.15) is 31.2 Å². The van der Waals surface area contributed by atoms with E-state index in [9.17, 15) is 4.39 Å². The van der Waals surface area contributed by atoms with Gasteiger partial charge in [0.05, 0.1) is 18.6 Å². The Morgan fingerprint density at radius 1 is 1.41 bits per heavy atom. The summed E-state index contributed by atoms with van der Waals surface area (Å²) in [5.74, 6) is 0.845. The van der Waals surface area contributed by atoms with Crippen LogP contribution in [0.5, 0.6) is 0 Å². The van der Waals surface area contributed by atoms with E-state index in [1.165, 1.54) is 12.8 Å². The Hall–Kier alpha value is -1.80. The van der Waals surface area contributed by atoms with E-state index in [1.807, 2.05) is 0 Å². The van der Waals surface area contributed by atoms with Crippen molar-refractivity contribution in [2.24, 2.45) is 5.92 Å². The summed E-state index contributed by atoms with van der Waals surface area (Å²) >= 11 is 0. The summed E-state index contributed by atoms with van der Waals surface area (Å²) in [5, 5.41) is 9.12. The summed E-state index contributed by atoms with van der Waals surface area (Å²) < 4.78 is 21.0. The van der Waals surface area contributed by atoms with Crippen molar-refractivity contribution in [3.05, 3.63) is 12.0 Å². The monoisotopic (exact) mass is 307 g/mol. The van der Waals surface area contributed by atoms with Crippen molar-refractivity contribution in [2.45, 2.75) is 44.2 Å². The van der Waals surface area contributed by atoms with Gasteiger partial charge in [-0.3, -0.25) is 4.57 Å². The first kappa shape index (κ1) is 13.8. The number of nitrogens with zero attached hydrogens (tertiary/aromatic N) is 4. The number of rotatable bonds is 4. The van der Waals surface area contributed by atoms with Crippen LogP contribution in [0.3, 0.4) is 0 Å². The molecule has 1 aliphatic carbocycles. The minimum Gasteiger partial charge on any atom is -0.394 e. The van der Waals surface area contributed by atoms with Crippen molar-refractivity contribution >= 4 is 17.1 Å². The SMILES string of the molecule is Nc1nc(CC2CC2)c2ncn([C@H]3C[C@H](F)[C@@H](CO)O3)c2n1. The van der Waals surface area contributed by atoms with Gasteiger partial charge in [0.2, 0.25) is 5.95 Å². The molecule has 118 valence electrons. The molecule has 8 heteroatoms. The number of hydrogen-bond acceptors (Lipinski definition) is 6. The van der Waals surface area contributed by atoms with Crippen LogP contribution >= 0.6 is 0 Å². The van der Waals surface area contributed by atoms with E-state index in [1.54, 1.807) is 10.9 Å². The second kappa shape index (κ2) is 5.13. The summed E-state index contributed by atoms with van der Waals surface area (Å²) in [6.07, 6.45) is 2.49. The first-order chi connectivity index (χ1) is 10.7. The Labute approximate surface area is 126 Å². The number of anilines is 1. The van der Waals surface area contributed by atoms with E-state index < -0.39 is 18.5 Å². The van der Waals surface area contributed by atoms with Crippen molar-refractivity contribution in [2.75, 3.05) is 12.3 Å². The molecule has 0 unspecified atom stereocenters. The zero-order valence-corrected chi connectivity index (χ0v) is 12.0. The first-order valence-corrected chi connectivity index (χ1v) is 7.55. The molecule has 2 aliphatic rings. The van der Waals surface area contributed by atoms with E-state index in [4.69, 9.17) is 15.6 Å². The number of ether oxygens (including phenoxy) is 1. The molecule has 0 radical (unpaired) electrons. The quantitative estimate of drug-likeness (QED) is 0.873. The maximum atomic E-state index is 13.8. The minimum atomic E-state index is -1.20. The van der Waals surface area contributed by atoms with Crippen molar-refractivity contribution in [1.29, 1.82) is 0 Å². The van der Waals surface area contributed by atoms with Crippen molar-refractivity contribution in [3.8, 4) is 0 Å². The largest absolute Gasteiger partial charge is 0.394 e. The molecular formula is C14H18FN5O2. The van der Waals surface area contributed by atoms with Crippen LogP contribution in [0, 0.1) is 5.92 Å². The number of nitrogen functional groups attached to an aromatic ring is 1. The highest BCUT2D eigenvalue weighted by molar-refractivity contribution is 5.74. The number of aliphatic hydroxyl groups is 1. The maximum Gasteiger partial charge on any atom is 0.222 e. The van der Waals surface area contributed by atoms with Gasteiger partial charge < -0.3 is 15.6 Å². The van der Waals surface area contributed by atoms with E-state index in [2.05, 4.69) is 15.0 Å². The summed E-state index contributed by atoms with van der Waals surface area (Å²) in [7, 11) is 0. The summed E-state index contributed by atoms with van der Waals surface area (Å²) in [6.45, 7) is -0.339. The summed E-state index contributed by atoms with van der Waals surface area (Å²) in [4.78, 5) is 12.9. The molecule has 2 aromatic rings. The van der Waals surface area contributed by atoms with Gasteiger partial charge in [0.1, 0.15) is 24.0 Å². The molecule has 2 fully saturated rings. The summed E-state index contributed by atoms with van der Waals surface area (Å²) in [6, 6.07) is 0. The molecule has 3 heterocycles. The number of aliphatic hydroxyl groups excluding tert-OH is 1.